The molecule has 182 valence electrons. The summed E-state index contributed by atoms with van der Waals surface area (Å²) in [6, 6.07) is 5.85. The van der Waals surface area contributed by atoms with E-state index < -0.39 is 23.3 Å². The van der Waals surface area contributed by atoms with Crippen molar-refractivity contribution in [1.29, 1.82) is 0 Å². The molecule has 0 saturated carbocycles. The number of nitrogens with zero attached hydrogens (tertiary/aromatic N) is 4. The number of fused-ring (bicyclic) bond motifs is 1. The van der Waals surface area contributed by atoms with Crippen molar-refractivity contribution in [2.24, 2.45) is 5.73 Å². The van der Waals surface area contributed by atoms with Gasteiger partial charge < -0.3 is 15.9 Å². The first-order chi connectivity index (χ1) is 16.2. The Hall–Kier alpha value is -3.22. The summed E-state index contributed by atoms with van der Waals surface area (Å²) in [5, 5.41) is 18.9. The number of piperidine rings is 1. The Labute approximate surface area is 191 Å². The number of hydrogen-bond donors (Lipinski definition) is 3. The topological polar surface area (TPSA) is 127 Å². The van der Waals surface area contributed by atoms with Crippen molar-refractivity contribution in [1.82, 2.24) is 19.0 Å². The molecule has 1 aliphatic heterocycles. The Morgan fingerprint density at radius 1 is 1.12 bits per heavy atom. The van der Waals surface area contributed by atoms with Crippen molar-refractivity contribution in [2.45, 2.75) is 31.1 Å². The van der Waals surface area contributed by atoms with Gasteiger partial charge in [-0.15, -0.1) is 0 Å². The van der Waals surface area contributed by atoms with Crippen molar-refractivity contribution < 1.29 is 28.2 Å². The Morgan fingerprint density at radius 3 is 2.32 bits per heavy atom. The maximum atomic E-state index is 13.5. The van der Waals surface area contributed by atoms with Crippen LogP contribution in [0.15, 0.2) is 41.3 Å². The highest BCUT2D eigenvalue weighted by atomic mass is 19.4. The maximum Gasteiger partial charge on any atom is 0.417 e. The molecule has 1 fully saturated rings. The Kier molecular flexibility index (Phi) is 6.47. The van der Waals surface area contributed by atoms with Gasteiger partial charge in [-0.25, -0.2) is 14.3 Å². The van der Waals surface area contributed by atoms with E-state index in [0.29, 0.717) is 43.2 Å². The number of aliphatic hydroxyl groups is 2. The molecule has 1 aromatic carbocycles. The van der Waals surface area contributed by atoms with Gasteiger partial charge in [0.25, 0.3) is 0 Å². The number of benzene rings is 1. The van der Waals surface area contributed by atoms with E-state index in [9.17, 15) is 33.0 Å². The van der Waals surface area contributed by atoms with Crippen LogP contribution in [0.5, 0.6) is 0 Å². The van der Waals surface area contributed by atoms with Gasteiger partial charge in [-0.05, 0) is 43.2 Å². The van der Waals surface area contributed by atoms with Crippen LogP contribution in [0.4, 0.5) is 13.2 Å². The summed E-state index contributed by atoms with van der Waals surface area (Å²) in [4.78, 5) is 31.1. The van der Waals surface area contributed by atoms with Gasteiger partial charge in [0.1, 0.15) is 5.82 Å². The van der Waals surface area contributed by atoms with Gasteiger partial charge in [-0.1, -0.05) is 0 Å². The number of primary amides is 1. The first kappa shape index (κ1) is 23.9. The van der Waals surface area contributed by atoms with Crippen LogP contribution >= 0.6 is 0 Å². The molecule has 0 atom stereocenters. The van der Waals surface area contributed by atoms with Crippen LogP contribution in [-0.2, 0) is 6.18 Å². The number of carbonyl (C=O) groups excluding carboxylic acids is 1. The molecule has 12 heteroatoms. The smallest absolute Gasteiger partial charge is 0.395 e. The maximum absolute atomic E-state index is 13.5. The molecule has 3 aromatic rings. The number of hydrogen-bond acceptors (Lipinski definition) is 6. The lowest BCUT2D eigenvalue weighted by Crippen LogP contribution is -2.46. The Balaban J connectivity index is 1.79. The molecule has 0 unspecified atom stereocenters. The van der Waals surface area contributed by atoms with Gasteiger partial charge in [0.05, 0.1) is 35.9 Å². The second-order valence-corrected chi connectivity index (χ2v) is 8.24. The number of imidazole rings is 1. The van der Waals surface area contributed by atoms with Crippen molar-refractivity contribution in [2.75, 3.05) is 26.3 Å². The van der Waals surface area contributed by atoms with E-state index in [-0.39, 0.29) is 36.7 Å². The number of aliphatic hydroxyl groups excluding tert-OH is 2. The van der Waals surface area contributed by atoms with Crippen LogP contribution in [0.1, 0.15) is 34.8 Å². The summed E-state index contributed by atoms with van der Waals surface area (Å²) in [6.45, 7) is 0.701. The van der Waals surface area contributed by atoms with Gasteiger partial charge in [-0.3, -0.25) is 14.3 Å². The molecule has 4 N–H and O–H groups in total. The molecule has 3 heterocycles. The van der Waals surface area contributed by atoms with Gasteiger partial charge in [0.2, 0.25) is 5.91 Å². The van der Waals surface area contributed by atoms with Crippen LogP contribution in [0.25, 0.3) is 16.9 Å². The summed E-state index contributed by atoms with van der Waals surface area (Å²) in [5.74, 6) is -0.720. The molecular weight excluding hydrogens is 455 g/mol. The van der Waals surface area contributed by atoms with Crippen LogP contribution in [0.2, 0.25) is 0 Å². The van der Waals surface area contributed by atoms with E-state index in [1.165, 1.54) is 16.7 Å². The predicted molar refractivity (Wildman–Crippen MR) is 117 cm³/mol. The van der Waals surface area contributed by atoms with Crippen LogP contribution in [-0.4, -0.2) is 67.5 Å². The predicted octanol–water partition coefficient (Wildman–Crippen LogP) is 1.29. The summed E-state index contributed by atoms with van der Waals surface area (Å²) in [6.07, 6.45) is -2.81. The fourth-order valence-electron chi connectivity index (χ4n) is 4.43. The van der Waals surface area contributed by atoms with E-state index in [1.54, 1.807) is 10.6 Å². The first-order valence-corrected chi connectivity index (χ1v) is 10.7. The number of pyridine rings is 1. The van der Waals surface area contributed by atoms with E-state index in [2.05, 4.69) is 4.98 Å². The highest BCUT2D eigenvalue weighted by Gasteiger charge is 2.32. The molecule has 0 spiro atoms. The van der Waals surface area contributed by atoms with Crippen molar-refractivity contribution in [3.05, 3.63) is 58.1 Å². The minimum absolute atomic E-state index is 0.0126. The average Bonchev–Trinajstić information content (AvgIpc) is 3.10. The van der Waals surface area contributed by atoms with E-state index >= 15 is 0 Å². The third-order valence-electron chi connectivity index (χ3n) is 6.26. The molecule has 1 aliphatic rings. The zero-order valence-electron chi connectivity index (χ0n) is 18.1. The minimum Gasteiger partial charge on any atom is -0.395 e. The molecule has 1 amide bonds. The normalized spacial score (nSPS) is 15.9. The number of alkyl halides is 3. The van der Waals surface area contributed by atoms with E-state index in [4.69, 9.17) is 5.73 Å². The number of amides is 1. The molecule has 1 saturated heterocycles. The van der Waals surface area contributed by atoms with Crippen molar-refractivity contribution in [3.8, 4) is 5.82 Å². The quantitative estimate of drug-likeness (QED) is 0.489. The van der Waals surface area contributed by atoms with Crippen LogP contribution in [0, 0.1) is 0 Å². The molecule has 0 bridgehead atoms. The summed E-state index contributed by atoms with van der Waals surface area (Å²) in [7, 11) is 0. The second-order valence-electron chi connectivity index (χ2n) is 8.24. The fraction of sp³-hybridized carbons (Fsp3) is 0.409. The lowest BCUT2D eigenvalue weighted by molar-refractivity contribution is -0.137. The molecule has 4 rings (SSSR count). The zero-order valence-corrected chi connectivity index (χ0v) is 18.1. The molecule has 0 radical (unpaired) electrons. The van der Waals surface area contributed by atoms with Crippen molar-refractivity contribution in [3.63, 3.8) is 0 Å². The van der Waals surface area contributed by atoms with Gasteiger partial charge >= 0.3 is 11.9 Å². The first-order valence-electron chi connectivity index (χ1n) is 10.7. The third kappa shape index (κ3) is 4.31. The van der Waals surface area contributed by atoms with Crippen LogP contribution < -0.4 is 11.4 Å². The summed E-state index contributed by atoms with van der Waals surface area (Å²) < 4.78 is 41.7. The number of rotatable bonds is 6. The zero-order chi connectivity index (χ0) is 24.6. The van der Waals surface area contributed by atoms with Gasteiger partial charge in [-0.2, -0.15) is 13.2 Å². The Morgan fingerprint density at radius 2 is 1.79 bits per heavy atom. The fourth-order valence-corrected chi connectivity index (χ4v) is 4.43. The van der Waals surface area contributed by atoms with E-state index in [1.807, 2.05) is 4.90 Å². The number of likely N-dealkylation sites (tertiary alicyclic amines) is 1. The van der Waals surface area contributed by atoms with Crippen LogP contribution in [0.3, 0.4) is 0 Å². The molecule has 2 aromatic heterocycles. The molecular formula is C22H24F3N5O4. The lowest BCUT2D eigenvalue weighted by Gasteiger charge is -2.36. The monoisotopic (exact) mass is 479 g/mol. The SMILES string of the molecule is NC(=O)c1ccc2c(c1)n(-c1ccc(C(F)(F)F)cn1)c(=O)n2C1CCN(C(CO)CO)CC1. The molecule has 9 nitrogen and oxygen atoms in total. The van der Waals surface area contributed by atoms with Crippen molar-refractivity contribution >= 4 is 16.9 Å². The lowest BCUT2D eigenvalue weighted by atomic mass is 10.0. The number of nitrogens with two attached hydrogens (primary N) is 1. The second kappa shape index (κ2) is 9.20. The standard InChI is InChI=1S/C22H24F3N5O4/c23-22(24,25)14-2-4-19(27-10-14)30-18-9-13(20(26)33)1-3-17(18)29(21(30)34)15-5-7-28(8-6-15)16(11-31)12-32/h1-4,9-10,15-16,31-32H,5-8,11-12H2,(H2,26,33). The minimum atomic E-state index is -4.57. The van der Waals surface area contributed by atoms with E-state index in [0.717, 1.165) is 12.1 Å². The third-order valence-corrected chi connectivity index (χ3v) is 6.26. The summed E-state index contributed by atoms with van der Waals surface area (Å²) >= 11 is 0. The Bertz CT molecular complexity index is 1240. The number of carbonyl (C=O) groups is 1. The number of halogens is 3. The van der Waals surface area contributed by atoms with Gasteiger partial charge in [0, 0.05) is 30.9 Å². The highest BCUT2D eigenvalue weighted by Crippen LogP contribution is 2.30. The average molecular weight is 479 g/mol. The summed E-state index contributed by atoms with van der Waals surface area (Å²) in [5.41, 5.74) is 4.91. The highest BCUT2D eigenvalue weighted by molar-refractivity contribution is 5.96. The molecule has 34 heavy (non-hydrogen) atoms. The number of aromatic nitrogens is 3. The molecule has 0 aliphatic carbocycles. The van der Waals surface area contributed by atoms with Gasteiger partial charge in [0.15, 0.2) is 0 Å². The largest absolute Gasteiger partial charge is 0.417 e.